The van der Waals surface area contributed by atoms with E-state index < -0.39 is 0 Å². The normalized spacial score (nSPS) is 10.6. The van der Waals surface area contributed by atoms with Crippen molar-refractivity contribution in [1.82, 2.24) is 0 Å². The van der Waals surface area contributed by atoms with Crippen LogP contribution in [0.1, 0.15) is 20.8 Å². The van der Waals surface area contributed by atoms with Crippen molar-refractivity contribution in [3.05, 3.63) is 66.7 Å². The van der Waals surface area contributed by atoms with Gasteiger partial charge in [-0.1, -0.05) is 36.4 Å². The Balaban J connectivity index is 2.31. The molecule has 152 valence electrons. The van der Waals surface area contributed by atoms with Gasteiger partial charge >= 0.3 is 0 Å². The Bertz CT molecular complexity index is 877. The summed E-state index contributed by atoms with van der Waals surface area (Å²) in [4.78, 5) is 2.19. The summed E-state index contributed by atoms with van der Waals surface area (Å²) in [6.07, 6.45) is 0. The van der Waals surface area contributed by atoms with Gasteiger partial charge in [-0.2, -0.15) is 0 Å². The van der Waals surface area contributed by atoms with Crippen LogP contribution in [0.5, 0.6) is 17.2 Å². The molecule has 3 aromatic rings. The molecule has 0 radical (unpaired) electrons. The van der Waals surface area contributed by atoms with Crippen molar-refractivity contribution in [2.24, 2.45) is 0 Å². The molecule has 5 heteroatoms. The summed E-state index contributed by atoms with van der Waals surface area (Å²) in [7, 11) is 0.797. The van der Waals surface area contributed by atoms with E-state index in [-0.39, 0.29) is 0 Å². The van der Waals surface area contributed by atoms with Crippen LogP contribution in [0.15, 0.2) is 66.7 Å². The number of rotatable bonds is 9. The molecule has 0 saturated carbocycles. The number of nitrogens with zero attached hydrogens (tertiary/aromatic N) is 1. The third kappa shape index (κ3) is 4.57. The average Bonchev–Trinajstić information content (AvgIpc) is 2.75. The van der Waals surface area contributed by atoms with Gasteiger partial charge in [0.15, 0.2) is 11.5 Å². The van der Waals surface area contributed by atoms with E-state index in [9.17, 15) is 0 Å². The van der Waals surface area contributed by atoms with E-state index >= 15 is 0 Å². The molecule has 0 spiro atoms. The topological polar surface area (TPSA) is 30.9 Å². The van der Waals surface area contributed by atoms with Gasteiger partial charge in [0.05, 0.1) is 25.5 Å². The zero-order valence-corrected chi connectivity index (χ0v) is 19.6. The monoisotopic (exact) mass is 407 g/mol. The minimum absolute atomic E-state index is 0.555. The van der Waals surface area contributed by atoms with Crippen LogP contribution in [0.3, 0.4) is 0 Å². The van der Waals surface area contributed by atoms with E-state index in [0.29, 0.717) is 19.8 Å². The molecule has 0 N–H and O–H groups in total. The van der Waals surface area contributed by atoms with E-state index in [2.05, 4.69) is 35.2 Å². The van der Waals surface area contributed by atoms with Crippen molar-refractivity contribution in [2.45, 2.75) is 20.8 Å². The molecule has 0 aliphatic carbocycles. The second-order valence-electron chi connectivity index (χ2n) is 6.48. The SMILES string of the molecule is CCOc1cc(N(c2ccccc2)c2ccccc2)c(OCC)c(OCC)c1[SiH3]. The number of hydrogen-bond acceptors (Lipinski definition) is 4. The van der Waals surface area contributed by atoms with Gasteiger partial charge in [-0.05, 0) is 45.0 Å². The van der Waals surface area contributed by atoms with Crippen molar-refractivity contribution in [2.75, 3.05) is 24.7 Å². The lowest BCUT2D eigenvalue weighted by molar-refractivity contribution is 0.287. The standard InChI is InChI=1S/C24H29NO3Si/c1-4-26-21-17-20(22(27-5-2)23(24(21)29)28-6-3)25(18-13-9-7-10-14-18)19-15-11-8-12-16-19/h7-17H,4-6H2,1-3,29H3. The second kappa shape index (κ2) is 10.0. The van der Waals surface area contributed by atoms with Crippen LogP contribution in [-0.4, -0.2) is 30.1 Å². The highest BCUT2D eigenvalue weighted by atomic mass is 28.1. The maximum atomic E-state index is 6.16. The summed E-state index contributed by atoms with van der Waals surface area (Å²) in [5.74, 6) is 2.41. The minimum Gasteiger partial charge on any atom is -0.494 e. The Morgan fingerprint density at radius 3 is 1.66 bits per heavy atom. The Morgan fingerprint density at radius 2 is 1.17 bits per heavy atom. The molecule has 4 nitrogen and oxygen atoms in total. The molecule has 0 fully saturated rings. The van der Waals surface area contributed by atoms with E-state index in [4.69, 9.17) is 14.2 Å². The van der Waals surface area contributed by atoms with E-state index in [1.54, 1.807) is 0 Å². The average molecular weight is 408 g/mol. The first kappa shape index (κ1) is 20.8. The van der Waals surface area contributed by atoms with Crippen LogP contribution in [-0.2, 0) is 0 Å². The first-order valence-corrected chi connectivity index (χ1v) is 11.2. The van der Waals surface area contributed by atoms with Gasteiger partial charge in [-0.15, -0.1) is 0 Å². The third-order valence-electron chi connectivity index (χ3n) is 4.56. The van der Waals surface area contributed by atoms with Gasteiger partial charge in [0.25, 0.3) is 0 Å². The molecule has 0 aliphatic heterocycles. The minimum atomic E-state index is 0.555. The number of ether oxygens (including phenoxy) is 3. The van der Waals surface area contributed by atoms with Crippen molar-refractivity contribution in [1.29, 1.82) is 0 Å². The molecule has 3 rings (SSSR count). The van der Waals surface area contributed by atoms with Gasteiger partial charge in [0.2, 0.25) is 0 Å². The zero-order chi connectivity index (χ0) is 20.6. The lowest BCUT2D eigenvalue weighted by atomic mass is 10.1. The molecular weight excluding hydrogens is 378 g/mol. The fourth-order valence-corrected chi connectivity index (χ4v) is 4.01. The van der Waals surface area contributed by atoms with Crippen molar-refractivity contribution in [3.8, 4) is 17.2 Å². The lowest BCUT2D eigenvalue weighted by Crippen LogP contribution is -2.19. The molecule has 0 aromatic heterocycles. The molecule has 0 amide bonds. The summed E-state index contributed by atoms with van der Waals surface area (Å²) in [6, 6.07) is 22.7. The molecule has 0 unspecified atom stereocenters. The molecule has 29 heavy (non-hydrogen) atoms. The highest BCUT2D eigenvalue weighted by Gasteiger charge is 2.24. The Kier molecular flexibility index (Phi) is 7.19. The van der Waals surface area contributed by atoms with E-state index in [0.717, 1.165) is 49.7 Å². The van der Waals surface area contributed by atoms with Gasteiger partial charge in [-0.3, -0.25) is 0 Å². The van der Waals surface area contributed by atoms with Crippen LogP contribution in [0.4, 0.5) is 17.1 Å². The summed E-state index contributed by atoms with van der Waals surface area (Å²) in [5, 5.41) is 1.09. The Labute approximate surface area is 176 Å². The molecular formula is C24H29NO3Si. The predicted octanol–water partition coefficient (Wildman–Crippen LogP) is 4.34. The first-order valence-electron chi connectivity index (χ1n) is 10.2. The van der Waals surface area contributed by atoms with Gasteiger partial charge in [-0.25, -0.2) is 0 Å². The fraction of sp³-hybridized carbons (Fsp3) is 0.250. The van der Waals surface area contributed by atoms with E-state index in [1.165, 1.54) is 0 Å². The Morgan fingerprint density at radius 1 is 0.690 bits per heavy atom. The summed E-state index contributed by atoms with van der Waals surface area (Å²) in [6.45, 7) is 7.73. The van der Waals surface area contributed by atoms with E-state index in [1.807, 2.05) is 57.2 Å². The van der Waals surface area contributed by atoms with Crippen LogP contribution >= 0.6 is 0 Å². The van der Waals surface area contributed by atoms with Gasteiger partial charge in [0.1, 0.15) is 5.75 Å². The quantitative estimate of drug-likeness (QED) is 0.494. The number of hydrogen-bond donors (Lipinski definition) is 0. The maximum absolute atomic E-state index is 6.16. The van der Waals surface area contributed by atoms with Gasteiger partial charge < -0.3 is 19.1 Å². The van der Waals surface area contributed by atoms with Crippen molar-refractivity contribution < 1.29 is 14.2 Å². The summed E-state index contributed by atoms with van der Waals surface area (Å²) in [5.41, 5.74) is 3.01. The molecule has 0 aliphatic rings. The maximum Gasteiger partial charge on any atom is 0.185 e. The first-order chi connectivity index (χ1) is 14.2. The third-order valence-corrected chi connectivity index (χ3v) is 5.51. The molecule has 0 heterocycles. The molecule has 0 atom stereocenters. The zero-order valence-electron chi connectivity index (χ0n) is 17.6. The summed E-state index contributed by atoms with van der Waals surface area (Å²) < 4.78 is 18.2. The second-order valence-corrected chi connectivity index (χ2v) is 7.48. The largest absolute Gasteiger partial charge is 0.494 e. The van der Waals surface area contributed by atoms with Crippen LogP contribution in [0.25, 0.3) is 0 Å². The molecule has 0 saturated heterocycles. The number of benzene rings is 3. The summed E-state index contributed by atoms with van der Waals surface area (Å²) >= 11 is 0. The molecule has 0 bridgehead atoms. The smallest absolute Gasteiger partial charge is 0.185 e. The fourth-order valence-electron chi connectivity index (χ4n) is 3.35. The molecule has 3 aromatic carbocycles. The van der Waals surface area contributed by atoms with Crippen molar-refractivity contribution in [3.63, 3.8) is 0 Å². The highest BCUT2D eigenvalue weighted by molar-refractivity contribution is 6.37. The van der Waals surface area contributed by atoms with Crippen LogP contribution < -0.4 is 24.3 Å². The van der Waals surface area contributed by atoms with Crippen molar-refractivity contribution >= 4 is 32.5 Å². The lowest BCUT2D eigenvalue weighted by Gasteiger charge is -2.29. The van der Waals surface area contributed by atoms with Gasteiger partial charge in [0, 0.05) is 32.9 Å². The Hall–Kier alpha value is -2.92. The number of anilines is 3. The number of para-hydroxylation sites is 2. The predicted molar refractivity (Wildman–Crippen MR) is 124 cm³/mol. The van der Waals surface area contributed by atoms with Crippen LogP contribution in [0, 0.1) is 0 Å². The van der Waals surface area contributed by atoms with Crippen LogP contribution in [0.2, 0.25) is 0 Å². The highest BCUT2D eigenvalue weighted by Crippen LogP contribution is 2.46.